The largest absolute Gasteiger partial charge is 0.497 e. The van der Waals surface area contributed by atoms with E-state index in [0.717, 1.165) is 26.8 Å². The molecule has 2 rings (SSSR count). The zero-order valence-electron chi connectivity index (χ0n) is 12.6. The predicted octanol–water partition coefficient (Wildman–Crippen LogP) is 3.97. The van der Waals surface area contributed by atoms with Gasteiger partial charge in [0.25, 0.3) is 0 Å². The van der Waals surface area contributed by atoms with Crippen LogP contribution in [0.5, 0.6) is 5.75 Å². The summed E-state index contributed by atoms with van der Waals surface area (Å²) in [6, 6.07) is 7.84. The molecule has 0 atom stereocenters. The van der Waals surface area contributed by atoms with Crippen molar-refractivity contribution in [1.29, 1.82) is 0 Å². The molecular formula is C16H19NO3S. The van der Waals surface area contributed by atoms with Crippen LogP contribution in [-0.2, 0) is 4.74 Å². The van der Waals surface area contributed by atoms with Gasteiger partial charge >= 0.3 is 5.97 Å². The maximum Gasteiger partial charge on any atom is 0.355 e. The maximum atomic E-state index is 11.9. The monoisotopic (exact) mass is 305 g/mol. The van der Waals surface area contributed by atoms with Crippen LogP contribution in [0, 0.1) is 13.8 Å². The first kappa shape index (κ1) is 15.5. The molecule has 0 radical (unpaired) electrons. The number of esters is 1. The van der Waals surface area contributed by atoms with Crippen molar-refractivity contribution in [2.45, 2.75) is 30.6 Å². The molecule has 1 aromatic carbocycles. The highest BCUT2D eigenvalue weighted by atomic mass is 32.2. The van der Waals surface area contributed by atoms with Gasteiger partial charge in [0.1, 0.15) is 11.4 Å². The summed E-state index contributed by atoms with van der Waals surface area (Å²) in [5, 5.41) is 0. The molecule has 1 aromatic heterocycles. The Hall–Kier alpha value is -1.88. The van der Waals surface area contributed by atoms with E-state index in [-0.39, 0.29) is 5.97 Å². The number of hydrogen-bond acceptors (Lipinski definition) is 4. The summed E-state index contributed by atoms with van der Waals surface area (Å²) in [7, 11) is 1.65. The van der Waals surface area contributed by atoms with Crippen molar-refractivity contribution in [3.8, 4) is 5.75 Å². The molecule has 0 aliphatic heterocycles. The smallest absolute Gasteiger partial charge is 0.355 e. The van der Waals surface area contributed by atoms with Gasteiger partial charge in [-0.1, -0.05) is 11.8 Å². The van der Waals surface area contributed by atoms with E-state index < -0.39 is 0 Å². The standard InChI is InChI=1S/C16H19NO3S/c1-5-20-16(18)14-10(2)15(11(3)17-14)21-13-8-6-12(19-4)7-9-13/h6-9,17H,5H2,1-4H3. The van der Waals surface area contributed by atoms with Crippen LogP contribution < -0.4 is 4.74 Å². The van der Waals surface area contributed by atoms with Gasteiger partial charge in [0.2, 0.25) is 0 Å². The Balaban J connectivity index is 2.25. The van der Waals surface area contributed by atoms with Gasteiger partial charge in [-0.3, -0.25) is 0 Å². The molecule has 4 nitrogen and oxygen atoms in total. The minimum Gasteiger partial charge on any atom is -0.497 e. The number of hydrogen-bond donors (Lipinski definition) is 1. The summed E-state index contributed by atoms with van der Waals surface area (Å²) < 4.78 is 10.2. The lowest BCUT2D eigenvalue weighted by Crippen LogP contribution is -2.06. The van der Waals surface area contributed by atoms with E-state index in [1.165, 1.54) is 0 Å². The van der Waals surface area contributed by atoms with E-state index in [2.05, 4.69) is 4.98 Å². The second kappa shape index (κ2) is 6.72. The van der Waals surface area contributed by atoms with E-state index in [1.807, 2.05) is 38.1 Å². The quantitative estimate of drug-likeness (QED) is 0.849. The van der Waals surface area contributed by atoms with Crippen LogP contribution in [0.25, 0.3) is 0 Å². The van der Waals surface area contributed by atoms with Crippen molar-refractivity contribution < 1.29 is 14.3 Å². The number of aryl methyl sites for hydroxylation is 1. The molecule has 2 aromatic rings. The van der Waals surface area contributed by atoms with Crippen LogP contribution in [-0.4, -0.2) is 24.7 Å². The lowest BCUT2D eigenvalue weighted by molar-refractivity contribution is 0.0519. The first-order valence-electron chi connectivity index (χ1n) is 6.75. The van der Waals surface area contributed by atoms with E-state index in [0.29, 0.717) is 12.3 Å². The molecule has 0 amide bonds. The highest BCUT2D eigenvalue weighted by Gasteiger charge is 2.18. The molecular weight excluding hydrogens is 286 g/mol. The Morgan fingerprint density at radius 3 is 2.48 bits per heavy atom. The zero-order valence-corrected chi connectivity index (χ0v) is 13.5. The molecule has 0 bridgehead atoms. The number of nitrogens with one attached hydrogen (secondary N) is 1. The Bertz CT molecular complexity index is 632. The maximum absolute atomic E-state index is 11.9. The van der Waals surface area contributed by atoms with Crippen molar-refractivity contribution in [2.24, 2.45) is 0 Å². The summed E-state index contributed by atoms with van der Waals surface area (Å²) in [4.78, 5) is 17.2. The van der Waals surface area contributed by atoms with Crippen molar-refractivity contribution in [3.63, 3.8) is 0 Å². The van der Waals surface area contributed by atoms with Crippen LogP contribution in [0.15, 0.2) is 34.1 Å². The van der Waals surface area contributed by atoms with Crippen molar-refractivity contribution in [3.05, 3.63) is 41.2 Å². The zero-order chi connectivity index (χ0) is 15.4. The minimum atomic E-state index is -0.306. The SMILES string of the molecule is CCOC(=O)c1[nH]c(C)c(Sc2ccc(OC)cc2)c1C. The lowest BCUT2D eigenvalue weighted by Gasteiger charge is -2.05. The molecule has 0 saturated carbocycles. The van der Waals surface area contributed by atoms with Crippen LogP contribution in [0.2, 0.25) is 0 Å². The predicted molar refractivity (Wildman–Crippen MR) is 83.3 cm³/mol. The van der Waals surface area contributed by atoms with Crippen molar-refractivity contribution in [2.75, 3.05) is 13.7 Å². The average molecular weight is 305 g/mol. The number of aromatic nitrogens is 1. The molecule has 5 heteroatoms. The van der Waals surface area contributed by atoms with Gasteiger partial charge in [-0.2, -0.15) is 0 Å². The summed E-state index contributed by atoms with van der Waals surface area (Å²) >= 11 is 1.62. The van der Waals surface area contributed by atoms with Gasteiger partial charge in [-0.15, -0.1) is 0 Å². The molecule has 0 fully saturated rings. The van der Waals surface area contributed by atoms with Crippen molar-refractivity contribution in [1.82, 2.24) is 4.98 Å². The highest BCUT2D eigenvalue weighted by molar-refractivity contribution is 7.99. The Kier molecular flexibility index (Phi) is 4.96. The van der Waals surface area contributed by atoms with Gasteiger partial charge in [-0.25, -0.2) is 4.79 Å². The molecule has 0 saturated heterocycles. The molecule has 1 N–H and O–H groups in total. The molecule has 0 spiro atoms. The van der Waals surface area contributed by atoms with Gasteiger partial charge in [0, 0.05) is 15.5 Å². The fourth-order valence-electron chi connectivity index (χ4n) is 2.05. The molecule has 21 heavy (non-hydrogen) atoms. The third-order valence-corrected chi connectivity index (χ3v) is 4.45. The second-order valence-electron chi connectivity index (χ2n) is 4.58. The van der Waals surface area contributed by atoms with Gasteiger partial charge in [0.15, 0.2) is 0 Å². The molecule has 1 heterocycles. The number of methoxy groups -OCH3 is 1. The first-order valence-corrected chi connectivity index (χ1v) is 7.56. The normalized spacial score (nSPS) is 10.5. The summed E-state index contributed by atoms with van der Waals surface area (Å²) in [6.45, 7) is 6.07. The Morgan fingerprint density at radius 1 is 1.24 bits per heavy atom. The fraction of sp³-hybridized carbons (Fsp3) is 0.312. The van der Waals surface area contributed by atoms with E-state index in [9.17, 15) is 4.79 Å². The molecule has 0 aliphatic carbocycles. The fourth-order valence-corrected chi connectivity index (χ4v) is 3.02. The Morgan fingerprint density at radius 2 is 1.90 bits per heavy atom. The lowest BCUT2D eigenvalue weighted by atomic mass is 10.2. The second-order valence-corrected chi connectivity index (χ2v) is 5.66. The molecule has 0 aliphatic rings. The van der Waals surface area contributed by atoms with E-state index in [1.54, 1.807) is 25.8 Å². The number of carbonyl (C=O) groups is 1. The molecule has 0 unspecified atom stereocenters. The number of ether oxygens (including phenoxy) is 2. The topological polar surface area (TPSA) is 51.3 Å². The number of aromatic amines is 1. The van der Waals surface area contributed by atoms with Gasteiger partial charge in [-0.05, 0) is 50.6 Å². The highest BCUT2D eigenvalue weighted by Crippen LogP contribution is 2.35. The summed E-state index contributed by atoms with van der Waals surface area (Å²) in [5.74, 6) is 0.522. The third-order valence-electron chi connectivity index (χ3n) is 3.13. The Labute approximate surface area is 128 Å². The van der Waals surface area contributed by atoms with E-state index in [4.69, 9.17) is 9.47 Å². The number of H-pyrrole nitrogens is 1. The number of benzene rings is 1. The number of rotatable bonds is 5. The van der Waals surface area contributed by atoms with Crippen LogP contribution in [0.4, 0.5) is 0 Å². The summed E-state index contributed by atoms with van der Waals surface area (Å²) in [5.41, 5.74) is 2.42. The van der Waals surface area contributed by atoms with Crippen LogP contribution >= 0.6 is 11.8 Å². The minimum absolute atomic E-state index is 0.306. The third kappa shape index (κ3) is 3.42. The van der Waals surface area contributed by atoms with Crippen LogP contribution in [0.3, 0.4) is 0 Å². The molecule has 112 valence electrons. The summed E-state index contributed by atoms with van der Waals surface area (Å²) in [6.07, 6.45) is 0. The number of carbonyl (C=O) groups excluding carboxylic acids is 1. The van der Waals surface area contributed by atoms with Gasteiger partial charge in [0.05, 0.1) is 13.7 Å². The van der Waals surface area contributed by atoms with Gasteiger partial charge < -0.3 is 14.5 Å². The van der Waals surface area contributed by atoms with Crippen molar-refractivity contribution >= 4 is 17.7 Å². The first-order chi connectivity index (χ1) is 10.1. The van der Waals surface area contributed by atoms with E-state index >= 15 is 0 Å². The average Bonchev–Trinajstić information content (AvgIpc) is 2.76. The van der Waals surface area contributed by atoms with Crippen LogP contribution in [0.1, 0.15) is 28.7 Å².